The first-order valence-electron chi connectivity index (χ1n) is 9.21. The van der Waals surface area contributed by atoms with E-state index in [1.807, 2.05) is 0 Å². The molecule has 162 valence electrons. The van der Waals surface area contributed by atoms with E-state index in [-0.39, 0.29) is 17.1 Å². The molecule has 3 aromatic carbocycles. The molecule has 1 aromatic heterocycles. The molecule has 32 heavy (non-hydrogen) atoms. The van der Waals surface area contributed by atoms with Gasteiger partial charge in [-0.2, -0.15) is 13.2 Å². The van der Waals surface area contributed by atoms with Crippen LogP contribution in [0, 0.1) is 5.82 Å². The molecule has 4 aromatic rings. The van der Waals surface area contributed by atoms with Gasteiger partial charge in [0, 0.05) is 30.2 Å². The Hall–Kier alpha value is -4.21. The molecule has 1 heterocycles. The van der Waals surface area contributed by atoms with Gasteiger partial charge in [-0.1, -0.05) is 6.07 Å². The minimum Gasteiger partial charge on any atom is -0.457 e. The van der Waals surface area contributed by atoms with Crippen molar-refractivity contribution in [2.24, 2.45) is 0 Å². The largest absolute Gasteiger partial charge is 0.457 e. The number of carbonyl (C=O) groups is 1. The first kappa shape index (κ1) is 21.0. The number of amides is 2. The smallest absolute Gasteiger partial charge is 0.416 e. The molecule has 0 atom stereocenters. The van der Waals surface area contributed by atoms with Crippen molar-refractivity contribution in [3.8, 4) is 11.5 Å². The number of aromatic nitrogens is 2. The van der Waals surface area contributed by atoms with E-state index < -0.39 is 23.6 Å². The topological polar surface area (TPSA) is 76.1 Å². The summed E-state index contributed by atoms with van der Waals surface area (Å²) in [6.07, 6.45) is -1.45. The van der Waals surface area contributed by atoms with Crippen LogP contribution in [0.25, 0.3) is 11.0 Å². The van der Waals surface area contributed by atoms with E-state index in [9.17, 15) is 22.4 Å². The van der Waals surface area contributed by atoms with Crippen LogP contribution in [0.5, 0.6) is 11.5 Å². The number of alkyl halides is 3. The summed E-state index contributed by atoms with van der Waals surface area (Å²) in [4.78, 5) is 20.4. The van der Waals surface area contributed by atoms with Crippen LogP contribution in [0.15, 0.2) is 73.1 Å². The molecule has 10 heteroatoms. The average Bonchev–Trinajstić information content (AvgIpc) is 2.75. The Kier molecular flexibility index (Phi) is 5.59. The molecule has 0 radical (unpaired) electrons. The fraction of sp³-hybridized carbons (Fsp3) is 0.0455. The normalized spacial score (nSPS) is 11.2. The monoisotopic (exact) mass is 442 g/mol. The average molecular weight is 442 g/mol. The van der Waals surface area contributed by atoms with E-state index in [2.05, 4.69) is 20.6 Å². The van der Waals surface area contributed by atoms with E-state index in [0.29, 0.717) is 16.8 Å². The molecule has 0 aliphatic heterocycles. The number of nitrogens with zero attached hydrogens (tertiary/aromatic N) is 2. The maximum Gasteiger partial charge on any atom is 0.416 e. The SMILES string of the molecule is O=C(Nc1cccc(C(F)(F)F)c1)Nc1ccc(Oc2ccc3nccnc3c2)cc1F. The molecule has 2 amide bonds. The van der Waals surface area contributed by atoms with Crippen LogP contribution >= 0.6 is 0 Å². The molecule has 0 spiro atoms. The highest BCUT2D eigenvalue weighted by atomic mass is 19.4. The highest BCUT2D eigenvalue weighted by Crippen LogP contribution is 2.31. The molecule has 6 nitrogen and oxygen atoms in total. The molecule has 0 unspecified atom stereocenters. The van der Waals surface area contributed by atoms with Gasteiger partial charge in [0.05, 0.1) is 22.3 Å². The van der Waals surface area contributed by atoms with E-state index in [1.165, 1.54) is 24.4 Å². The molecule has 0 saturated carbocycles. The van der Waals surface area contributed by atoms with Crippen molar-refractivity contribution >= 4 is 28.4 Å². The Labute approximate surface area is 178 Å². The van der Waals surface area contributed by atoms with Crippen molar-refractivity contribution in [3.63, 3.8) is 0 Å². The molecule has 0 aliphatic carbocycles. The zero-order chi connectivity index (χ0) is 22.7. The number of rotatable bonds is 4. The van der Waals surface area contributed by atoms with Crippen molar-refractivity contribution in [1.29, 1.82) is 0 Å². The summed E-state index contributed by atoms with van der Waals surface area (Å²) in [5.74, 6) is -0.197. The first-order chi connectivity index (χ1) is 15.3. The van der Waals surface area contributed by atoms with Crippen molar-refractivity contribution < 1.29 is 27.1 Å². The summed E-state index contributed by atoms with van der Waals surface area (Å²) in [6, 6.07) is 12.0. The lowest BCUT2D eigenvalue weighted by Gasteiger charge is -2.12. The third-order valence-corrected chi connectivity index (χ3v) is 4.31. The molecule has 0 saturated heterocycles. The molecule has 0 bridgehead atoms. The van der Waals surface area contributed by atoms with Crippen LogP contribution in [-0.2, 0) is 6.18 Å². The zero-order valence-electron chi connectivity index (χ0n) is 16.2. The molecular formula is C22H14F4N4O2. The second-order valence-electron chi connectivity index (χ2n) is 6.61. The fourth-order valence-electron chi connectivity index (χ4n) is 2.86. The first-order valence-corrected chi connectivity index (χ1v) is 9.21. The van der Waals surface area contributed by atoms with E-state index in [4.69, 9.17) is 4.74 Å². The maximum atomic E-state index is 14.4. The Morgan fingerprint density at radius 1 is 0.844 bits per heavy atom. The predicted octanol–water partition coefficient (Wildman–Crippen LogP) is 6.22. The van der Waals surface area contributed by atoms with Gasteiger partial charge in [-0.25, -0.2) is 9.18 Å². The van der Waals surface area contributed by atoms with Gasteiger partial charge in [-0.15, -0.1) is 0 Å². The minimum atomic E-state index is -4.55. The quantitative estimate of drug-likeness (QED) is 0.368. The zero-order valence-corrected chi connectivity index (χ0v) is 16.2. The number of benzene rings is 3. The fourth-order valence-corrected chi connectivity index (χ4v) is 2.86. The van der Waals surface area contributed by atoms with Gasteiger partial charge < -0.3 is 15.4 Å². The van der Waals surface area contributed by atoms with Gasteiger partial charge in [-0.3, -0.25) is 9.97 Å². The number of halogens is 4. The number of nitrogens with one attached hydrogen (secondary N) is 2. The molecule has 2 N–H and O–H groups in total. The standard InChI is InChI=1S/C22H14F4N4O2/c23-17-11-15(32-16-5-7-19-20(12-16)28-9-8-27-19)4-6-18(17)30-21(31)29-14-3-1-2-13(10-14)22(24,25)26/h1-12H,(H2,29,30,31). The summed E-state index contributed by atoms with van der Waals surface area (Å²) in [7, 11) is 0. The van der Waals surface area contributed by atoms with Crippen LogP contribution in [0.4, 0.5) is 33.7 Å². The van der Waals surface area contributed by atoms with E-state index in [1.54, 1.807) is 24.4 Å². The predicted molar refractivity (Wildman–Crippen MR) is 110 cm³/mol. The number of fused-ring (bicyclic) bond motifs is 1. The van der Waals surface area contributed by atoms with E-state index >= 15 is 0 Å². The van der Waals surface area contributed by atoms with Gasteiger partial charge in [0.2, 0.25) is 0 Å². The second-order valence-corrected chi connectivity index (χ2v) is 6.61. The Balaban J connectivity index is 1.43. The van der Waals surface area contributed by atoms with Crippen molar-refractivity contribution in [2.75, 3.05) is 10.6 Å². The lowest BCUT2D eigenvalue weighted by atomic mass is 10.2. The number of ether oxygens (including phenoxy) is 1. The lowest BCUT2D eigenvalue weighted by Crippen LogP contribution is -2.20. The van der Waals surface area contributed by atoms with Crippen LogP contribution in [0.1, 0.15) is 5.56 Å². The number of hydrogen-bond acceptors (Lipinski definition) is 4. The van der Waals surface area contributed by atoms with Gasteiger partial charge in [0.15, 0.2) is 0 Å². The Morgan fingerprint density at radius 2 is 1.56 bits per heavy atom. The van der Waals surface area contributed by atoms with Crippen molar-refractivity contribution in [2.45, 2.75) is 6.18 Å². The third-order valence-electron chi connectivity index (χ3n) is 4.31. The number of hydrogen-bond donors (Lipinski definition) is 2. The molecule has 0 fully saturated rings. The van der Waals surface area contributed by atoms with Crippen LogP contribution in [-0.4, -0.2) is 16.0 Å². The summed E-state index contributed by atoms with van der Waals surface area (Å²) >= 11 is 0. The Bertz CT molecular complexity index is 1290. The highest BCUT2D eigenvalue weighted by Gasteiger charge is 2.30. The van der Waals surface area contributed by atoms with Crippen molar-refractivity contribution in [1.82, 2.24) is 9.97 Å². The van der Waals surface area contributed by atoms with Gasteiger partial charge in [-0.05, 0) is 42.5 Å². The molecular weight excluding hydrogens is 428 g/mol. The summed E-state index contributed by atoms with van der Waals surface area (Å²) < 4.78 is 58.4. The van der Waals surface area contributed by atoms with Crippen molar-refractivity contribution in [3.05, 3.63) is 84.4 Å². The highest BCUT2D eigenvalue weighted by molar-refractivity contribution is 5.99. The van der Waals surface area contributed by atoms with Crippen LogP contribution in [0.2, 0.25) is 0 Å². The minimum absolute atomic E-state index is 0.0860. The summed E-state index contributed by atoms with van der Waals surface area (Å²) in [5.41, 5.74) is 0.110. The van der Waals surface area contributed by atoms with Crippen LogP contribution < -0.4 is 15.4 Å². The third kappa shape index (κ3) is 4.91. The number of anilines is 2. The number of carbonyl (C=O) groups excluding carboxylic acids is 1. The summed E-state index contributed by atoms with van der Waals surface area (Å²) in [6.45, 7) is 0. The Morgan fingerprint density at radius 3 is 2.31 bits per heavy atom. The van der Waals surface area contributed by atoms with E-state index in [0.717, 1.165) is 24.3 Å². The van der Waals surface area contributed by atoms with Gasteiger partial charge >= 0.3 is 12.2 Å². The summed E-state index contributed by atoms with van der Waals surface area (Å²) in [5, 5.41) is 4.49. The maximum absolute atomic E-state index is 14.4. The second kappa shape index (κ2) is 8.50. The molecule has 0 aliphatic rings. The lowest BCUT2D eigenvalue weighted by molar-refractivity contribution is -0.137. The number of urea groups is 1. The molecule has 4 rings (SSSR count). The van der Waals surface area contributed by atoms with Gasteiger partial charge in [0.25, 0.3) is 0 Å². The van der Waals surface area contributed by atoms with Crippen LogP contribution in [0.3, 0.4) is 0 Å². The van der Waals surface area contributed by atoms with Gasteiger partial charge in [0.1, 0.15) is 17.3 Å².